The number of nitrogens with one attached hydrogen (secondary N) is 1. The molecule has 0 saturated carbocycles. The second-order valence-electron chi connectivity index (χ2n) is 7.08. The van der Waals surface area contributed by atoms with E-state index in [1.165, 1.54) is 28.7 Å². The summed E-state index contributed by atoms with van der Waals surface area (Å²) >= 11 is 4.73. The predicted octanol–water partition coefficient (Wildman–Crippen LogP) is 3.49. The minimum absolute atomic E-state index is 0.0950. The molecule has 1 fully saturated rings. The molecule has 1 aliphatic heterocycles. The maximum absolute atomic E-state index is 12.8. The van der Waals surface area contributed by atoms with Crippen molar-refractivity contribution in [1.82, 2.24) is 14.5 Å². The van der Waals surface area contributed by atoms with Gasteiger partial charge in [-0.25, -0.2) is 4.98 Å². The molecule has 9 heteroatoms. The summed E-state index contributed by atoms with van der Waals surface area (Å²) in [6, 6.07) is 7.31. The highest BCUT2D eigenvalue weighted by Crippen LogP contribution is 2.29. The Morgan fingerprint density at radius 3 is 3.07 bits per heavy atom. The van der Waals surface area contributed by atoms with Crippen molar-refractivity contribution in [3.8, 4) is 0 Å². The van der Waals surface area contributed by atoms with Crippen LogP contribution in [0, 0.1) is 5.92 Å². The van der Waals surface area contributed by atoms with Gasteiger partial charge in [0.15, 0.2) is 10.8 Å². The van der Waals surface area contributed by atoms with Crippen LogP contribution in [-0.4, -0.2) is 33.5 Å². The van der Waals surface area contributed by atoms with Gasteiger partial charge >= 0.3 is 0 Å². The molecule has 0 bridgehead atoms. The zero-order valence-electron chi connectivity index (χ0n) is 15.4. The Bertz CT molecular complexity index is 1080. The Hall–Kier alpha value is -2.26. The normalized spacial score (nSPS) is 17.1. The van der Waals surface area contributed by atoms with Gasteiger partial charge in [0.2, 0.25) is 5.91 Å². The Kier molecular flexibility index (Phi) is 5.45. The van der Waals surface area contributed by atoms with E-state index in [1.807, 2.05) is 12.1 Å². The zero-order chi connectivity index (χ0) is 19.7. The van der Waals surface area contributed by atoms with E-state index >= 15 is 0 Å². The second kappa shape index (κ2) is 8.00. The number of thiazole rings is 1. The average Bonchev–Trinajstić information content (AvgIpc) is 3.09. The molecule has 0 spiro atoms. The molecule has 28 heavy (non-hydrogen) atoms. The Morgan fingerprint density at radius 2 is 2.29 bits per heavy atom. The number of halogens is 1. The SMILES string of the molecule is C[C@H]1CCCN(c2nc3ncn(CC(=O)Nc4cccc(Br)c4)c(=O)c3s2)C1. The van der Waals surface area contributed by atoms with Crippen molar-refractivity contribution < 1.29 is 4.79 Å². The van der Waals surface area contributed by atoms with E-state index in [1.54, 1.807) is 12.1 Å². The van der Waals surface area contributed by atoms with Crippen LogP contribution in [0.1, 0.15) is 19.8 Å². The topological polar surface area (TPSA) is 80.1 Å². The lowest BCUT2D eigenvalue weighted by atomic mass is 10.0. The molecule has 146 valence electrons. The molecule has 1 aliphatic rings. The van der Waals surface area contributed by atoms with E-state index in [2.05, 4.69) is 43.0 Å². The van der Waals surface area contributed by atoms with Crippen molar-refractivity contribution in [3.05, 3.63) is 45.4 Å². The van der Waals surface area contributed by atoms with Gasteiger partial charge in [-0.15, -0.1) is 0 Å². The molecule has 0 unspecified atom stereocenters. The van der Waals surface area contributed by atoms with E-state index in [0.717, 1.165) is 29.1 Å². The summed E-state index contributed by atoms with van der Waals surface area (Å²) in [7, 11) is 0. The quantitative estimate of drug-likeness (QED) is 0.642. The first-order valence-corrected chi connectivity index (χ1v) is 10.8. The van der Waals surface area contributed by atoms with Gasteiger partial charge in [0.1, 0.15) is 17.6 Å². The van der Waals surface area contributed by atoms with Crippen LogP contribution >= 0.6 is 27.3 Å². The number of rotatable bonds is 4. The molecule has 3 aromatic rings. The maximum atomic E-state index is 12.8. The van der Waals surface area contributed by atoms with Gasteiger partial charge in [-0.1, -0.05) is 40.3 Å². The van der Waals surface area contributed by atoms with Crippen molar-refractivity contribution in [3.63, 3.8) is 0 Å². The van der Waals surface area contributed by atoms with E-state index in [-0.39, 0.29) is 18.0 Å². The Morgan fingerprint density at radius 1 is 1.43 bits per heavy atom. The van der Waals surface area contributed by atoms with Crippen LogP contribution in [0.3, 0.4) is 0 Å². The lowest BCUT2D eigenvalue weighted by Gasteiger charge is -2.30. The fourth-order valence-corrected chi connectivity index (χ4v) is 4.77. The number of anilines is 2. The van der Waals surface area contributed by atoms with Crippen molar-refractivity contribution >= 4 is 54.3 Å². The average molecular weight is 462 g/mol. The van der Waals surface area contributed by atoms with Crippen molar-refractivity contribution in [2.24, 2.45) is 5.92 Å². The van der Waals surface area contributed by atoms with E-state index in [9.17, 15) is 9.59 Å². The monoisotopic (exact) mass is 461 g/mol. The van der Waals surface area contributed by atoms with Gasteiger partial charge < -0.3 is 10.2 Å². The second-order valence-corrected chi connectivity index (χ2v) is 8.97. The molecule has 1 saturated heterocycles. The first-order valence-electron chi connectivity index (χ1n) is 9.16. The highest BCUT2D eigenvalue weighted by atomic mass is 79.9. The lowest BCUT2D eigenvalue weighted by molar-refractivity contribution is -0.116. The molecule has 4 rings (SSSR count). The van der Waals surface area contributed by atoms with Gasteiger partial charge in [0.05, 0.1) is 0 Å². The minimum Gasteiger partial charge on any atom is -0.348 e. The minimum atomic E-state index is -0.282. The van der Waals surface area contributed by atoms with E-state index < -0.39 is 0 Å². The van der Waals surface area contributed by atoms with Crippen LogP contribution in [-0.2, 0) is 11.3 Å². The number of amides is 1. The molecular weight excluding hydrogens is 442 g/mol. The summed E-state index contributed by atoms with van der Waals surface area (Å²) < 4.78 is 2.69. The number of aromatic nitrogens is 3. The predicted molar refractivity (Wildman–Crippen MR) is 115 cm³/mol. The summed E-state index contributed by atoms with van der Waals surface area (Å²) in [5.74, 6) is 0.336. The van der Waals surface area contributed by atoms with Crippen molar-refractivity contribution in [2.75, 3.05) is 23.3 Å². The third kappa shape index (κ3) is 4.10. The third-order valence-electron chi connectivity index (χ3n) is 4.72. The molecule has 0 radical (unpaired) electrons. The largest absolute Gasteiger partial charge is 0.348 e. The summed E-state index contributed by atoms with van der Waals surface area (Å²) in [6.45, 7) is 4.04. The molecular formula is C19H20BrN5O2S. The zero-order valence-corrected chi connectivity index (χ0v) is 17.8. The molecule has 2 aromatic heterocycles. The van der Waals surface area contributed by atoms with Gasteiger partial charge in [0, 0.05) is 23.2 Å². The maximum Gasteiger partial charge on any atom is 0.273 e. The van der Waals surface area contributed by atoms with Crippen molar-refractivity contribution in [2.45, 2.75) is 26.3 Å². The lowest BCUT2D eigenvalue weighted by Crippen LogP contribution is -2.34. The molecule has 1 aromatic carbocycles. The molecule has 1 N–H and O–H groups in total. The summed E-state index contributed by atoms with van der Waals surface area (Å²) in [5, 5.41) is 3.63. The number of hydrogen-bond acceptors (Lipinski definition) is 6. The van der Waals surface area contributed by atoms with Crippen LogP contribution in [0.15, 0.2) is 39.9 Å². The van der Waals surface area contributed by atoms with Crippen LogP contribution in [0.25, 0.3) is 10.3 Å². The Labute approximate surface area is 174 Å². The first kappa shape index (κ1) is 19.1. The van der Waals surface area contributed by atoms with Gasteiger partial charge in [0.25, 0.3) is 5.56 Å². The number of benzene rings is 1. The van der Waals surface area contributed by atoms with Gasteiger partial charge in [-0.05, 0) is 37.0 Å². The number of piperidine rings is 1. The van der Waals surface area contributed by atoms with Gasteiger partial charge in [-0.3, -0.25) is 14.2 Å². The summed E-state index contributed by atoms with van der Waals surface area (Å²) in [4.78, 5) is 36.2. The molecule has 7 nitrogen and oxygen atoms in total. The number of carbonyl (C=O) groups excluding carboxylic acids is 1. The summed E-state index contributed by atoms with van der Waals surface area (Å²) in [5.41, 5.74) is 0.885. The van der Waals surface area contributed by atoms with E-state index in [0.29, 0.717) is 22.0 Å². The molecule has 1 amide bonds. The molecule has 0 aliphatic carbocycles. The first-order chi connectivity index (χ1) is 13.5. The van der Waals surface area contributed by atoms with E-state index in [4.69, 9.17) is 0 Å². The van der Waals surface area contributed by atoms with Crippen LogP contribution in [0.2, 0.25) is 0 Å². The highest BCUT2D eigenvalue weighted by molar-refractivity contribution is 9.10. The van der Waals surface area contributed by atoms with Crippen LogP contribution in [0.5, 0.6) is 0 Å². The smallest absolute Gasteiger partial charge is 0.273 e. The summed E-state index contributed by atoms with van der Waals surface area (Å²) in [6.07, 6.45) is 3.75. The van der Waals surface area contributed by atoms with Crippen LogP contribution < -0.4 is 15.8 Å². The van der Waals surface area contributed by atoms with Crippen LogP contribution in [0.4, 0.5) is 10.8 Å². The number of carbonyl (C=O) groups is 1. The van der Waals surface area contributed by atoms with Gasteiger partial charge in [-0.2, -0.15) is 4.98 Å². The number of fused-ring (bicyclic) bond motifs is 1. The fraction of sp³-hybridized carbons (Fsp3) is 0.368. The Balaban J connectivity index is 1.54. The highest BCUT2D eigenvalue weighted by Gasteiger charge is 2.21. The number of nitrogens with zero attached hydrogens (tertiary/aromatic N) is 4. The van der Waals surface area contributed by atoms with Crippen molar-refractivity contribution in [1.29, 1.82) is 0 Å². The molecule has 3 heterocycles. The number of hydrogen-bond donors (Lipinski definition) is 1. The fourth-order valence-electron chi connectivity index (χ4n) is 3.37. The third-order valence-corrected chi connectivity index (χ3v) is 6.31. The molecule has 1 atom stereocenters. The standard InChI is InChI=1S/C19H20BrN5O2S/c1-12-4-3-7-24(9-12)19-23-17-16(28-19)18(27)25(11-21-17)10-15(26)22-14-6-2-5-13(20)8-14/h2,5-6,8,11-12H,3-4,7,9-10H2,1H3,(H,22,26)/t12-/m0/s1.